The Morgan fingerprint density at radius 2 is 1.87 bits per heavy atom. The van der Waals surface area contributed by atoms with E-state index in [1.807, 2.05) is 0 Å². The Balaban J connectivity index is 1.98. The minimum Gasteiger partial charge on any atom is -0.493 e. The predicted octanol–water partition coefficient (Wildman–Crippen LogP) is 2.32. The van der Waals surface area contributed by atoms with Crippen LogP contribution in [0.5, 0.6) is 11.5 Å². The quantitative estimate of drug-likeness (QED) is 0.368. The zero-order valence-electron chi connectivity index (χ0n) is 16.9. The largest absolute Gasteiger partial charge is 0.493 e. The lowest BCUT2D eigenvalue weighted by Crippen LogP contribution is -2.46. The number of esters is 1. The molecule has 2 N–H and O–H groups in total. The number of hydrogen-bond donors (Lipinski definition) is 2. The monoisotopic (exact) mass is 423 g/mol. The second kappa shape index (κ2) is 11.0. The van der Waals surface area contributed by atoms with Crippen LogP contribution in [0.2, 0.25) is 0 Å². The van der Waals surface area contributed by atoms with E-state index in [0.29, 0.717) is 0 Å². The third-order valence-corrected chi connectivity index (χ3v) is 4.53. The summed E-state index contributed by atoms with van der Waals surface area (Å²) in [6, 6.07) is 1.50. The van der Waals surface area contributed by atoms with Crippen LogP contribution in [0.15, 0.2) is 12.1 Å². The van der Waals surface area contributed by atoms with Crippen molar-refractivity contribution in [2.24, 2.45) is 0 Å². The molecule has 0 heterocycles. The van der Waals surface area contributed by atoms with Crippen LogP contribution in [-0.4, -0.2) is 49.2 Å². The number of benzene rings is 1. The fourth-order valence-corrected chi connectivity index (χ4v) is 3.13. The molecule has 0 aliphatic heterocycles. The van der Waals surface area contributed by atoms with Crippen molar-refractivity contribution in [2.45, 2.75) is 45.1 Å². The molecule has 11 heteroatoms. The van der Waals surface area contributed by atoms with Gasteiger partial charge in [0.05, 0.1) is 24.7 Å². The van der Waals surface area contributed by atoms with Gasteiger partial charge in [-0.15, -0.1) is 0 Å². The summed E-state index contributed by atoms with van der Waals surface area (Å²) in [5.74, 6) is -1.76. The van der Waals surface area contributed by atoms with Crippen LogP contribution in [0, 0.1) is 10.1 Å². The molecule has 1 fully saturated rings. The van der Waals surface area contributed by atoms with E-state index in [2.05, 4.69) is 10.6 Å². The van der Waals surface area contributed by atoms with Gasteiger partial charge in [-0.2, -0.15) is 0 Å². The fourth-order valence-electron chi connectivity index (χ4n) is 3.13. The van der Waals surface area contributed by atoms with Gasteiger partial charge in [0.15, 0.2) is 18.1 Å². The van der Waals surface area contributed by atoms with Gasteiger partial charge in [0.1, 0.15) is 5.56 Å². The first-order valence-electron chi connectivity index (χ1n) is 9.62. The Kier molecular flexibility index (Phi) is 8.39. The number of nitrogens with one attached hydrogen (secondary N) is 2. The Hall–Kier alpha value is -3.37. The van der Waals surface area contributed by atoms with E-state index >= 15 is 0 Å². The van der Waals surface area contributed by atoms with Crippen LogP contribution in [0.4, 0.5) is 10.5 Å². The SMILES string of the molecule is CCOc1cc([N+](=O)[O-])c(C(=O)OCC(=O)NC(=O)NC2CCCCC2)cc1OC. The van der Waals surface area contributed by atoms with Gasteiger partial charge in [-0.05, 0) is 19.8 Å². The number of urea groups is 1. The molecule has 0 radical (unpaired) electrons. The normalized spacial score (nSPS) is 13.8. The standard InChI is InChI=1S/C19H25N3O8/c1-3-29-16-10-14(22(26)27)13(9-15(16)28-2)18(24)30-11-17(23)21-19(25)20-12-7-5-4-6-8-12/h9-10,12H,3-8,11H2,1-2H3,(H2,20,21,23,25). The molecular weight excluding hydrogens is 398 g/mol. The van der Waals surface area contributed by atoms with Crippen molar-refractivity contribution in [1.82, 2.24) is 10.6 Å². The highest BCUT2D eigenvalue weighted by Gasteiger charge is 2.26. The van der Waals surface area contributed by atoms with Gasteiger partial charge in [-0.25, -0.2) is 9.59 Å². The molecule has 0 bridgehead atoms. The lowest BCUT2D eigenvalue weighted by Gasteiger charge is -2.22. The number of nitrogens with zero attached hydrogens (tertiary/aromatic N) is 1. The van der Waals surface area contributed by atoms with E-state index in [0.717, 1.165) is 44.2 Å². The van der Waals surface area contributed by atoms with Crippen molar-refractivity contribution in [3.05, 3.63) is 27.8 Å². The van der Waals surface area contributed by atoms with E-state index in [1.165, 1.54) is 7.11 Å². The highest BCUT2D eigenvalue weighted by molar-refractivity contribution is 5.98. The summed E-state index contributed by atoms with van der Waals surface area (Å²) < 4.78 is 15.2. The predicted molar refractivity (Wildman–Crippen MR) is 105 cm³/mol. The van der Waals surface area contributed by atoms with Gasteiger partial charge >= 0.3 is 12.0 Å². The average molecular weight is 423 g/mol. The van der Waals surface area contributed by atoms with Crippen LogP contribution in [0.25, 0.3) is 0 Å². The summed E-state index contributed by atoms with van der Waals surface area (Å²) in [5, 5.41) is 16.1. The molecule has 0 aromatic heterocycles. The molecule has 1 aliphatic rings. The zero-order valence-corrected chi connectivity index (χ0v) is 16.9. The van der Waals surface area contributed by atoms with Crippen LogP contribution >= 0.6 is 0 Å². The van der Waals surface area contributed by atoms with Gasteiger partial charge < -0.3 is 19.5 Å². The van der Waals surface area contributed by atoms with Gasteiger partial charge in [0, 0.05) is 12.1 Å². The van der Waals surface area contributed by atoms with Crippen molar-refractivity contribution in [2.75, 3.05) is 20.3 Å². The molecule has 0 unspecified atom stereocenters. The summed E-state index contributed by atoms with van der Waals surface area (Å²) in [6.45, 7) is 1.15. The number of nitro groups is 1. The highest BCUT2D eigenvalue weighted by atomic mass is 16.6. The van der Waals surface area contributed by atoms with E-state index in [4.69, 9.17) is 14.2 Å². The molecule has 1 saturated carbocycles. The summed E-state index contributed by atoms with van der Waals surface area (Å²) in [6.07, 6.45) is 4.85. The summed E-state index contributed by atoms with van der Waals surface area (Å²) in [4.78, 5) is 46.6. The van der Waals surface area contributed by atoms with Crippen LogP contribution < -0.4 is 20.1 Å². The number of ether oxygens (including phenoxy) is 3. The molecule has 1 aromatic carbocycles. The lowest BCUT2D eigenvalue weighted by atomic mass is 9.96. The summed E-state index contributed by atoms with van der Waals surface area (Å²) in [7, 11) is 1.32. The van der Waals surface area contributed by atoms with E-state index in [9.17, 15) is 24.5 Å². The van der Waals surface area contributed by atoms with Crippen molar-refractivity contribution in [3.8, 4) is 11.5 Å². The first-order chi connectivity index (χ1) is 14.3. The van der Waals surface area contributed by atoms with Crippen molar-refractivity contribution >= 4 is 23.6 Å². The zero-order chi connectivity index (χ0) is 22.1. The van der Waals surface area contributed by atoms with Gasteiger partial charge in [-0.1, -0.05) is 19.3 Å². The molecular formula is C19H25N3O8. The maximum atomic E-state index is 12.3. The third kappa shape index (κ3) is 6.33. The Morgan fingerprint density at radius 1 is 1.17 bits per heavy atom. The number of imide groups is 1. The smallest absolute Gasteiger partial charge is 0.345 e. The molecule has 0 saturated heterocycles. The Morgan fingerprint density at radius 3 is 2.47 bits per heavy atom. The van der Waals surface area contributed by atoms with E-state index < -0.39 is 40.7 Å². The van der Waals surface area contributed by atoms with Crippen LogP contribution in [0.1, 0.15) is 49.4 Å². The molecule has 1 aromatic rings. The number of amides is 3. The van der Waals surface area contributed by atoms with Crippen molar-refractivity contribution in [1.29, 1.82) is 0 Å². The molecule has 1 aliphatic carbocycles. The maximum absolute atomic E-state index is 12.3. The highest BCUT2D eigenvalue weighted by Crippen LogP contribution is 2.35. The Bertz CT molecular complexity index is 805. The summed E-state index contributed by atoms with van der Waals surface area (Å²) >= 11 is 0. The maximum Gasteiger partial charge on any atom is 0.345 e. The minimum atomic E-state index is -1.11. The molecule has 30 heavy (non-hydrogen) atoms. The molecule has 0 spiro atoms. The molecule has 11 nitrogen and oxygen atoms in total. The minimum absolute atomic E-state index is 0.00747. The van der Waals surface area contributed by atoms with Gasteiger partial charge in [0.2, 0.25) is 0 Å². The number of methoxy groups -OCH3 is 1. The van der Waals surface area contributed by atoms with E-state index in [-0.39, 0.29) is 24.1 Å². The second-order valence-corrected chi connectivity index (χ2v) is 6.64. The molecule has 0 atom stereocenters. The van der Waals surface area contributed by atoms with Crippen molar-refractivity contribution < 1.29 is 33.5 Å². The van der Waals surface area contributed by atoms with Gasteiger partial charge in [-0.3, -0.25) is 20.2 Å². The average Bonchev–Trinajstić information content (AvgIpc) is 2.72. The fraction of sp³-hybridized carbons (Fsp3) is 0.526. The molecule has 164 valence electrons. The second-order valence-electron chi connectivity index (χ2n) is 6.64. The van der Waals surface area contributed by atoms with E-state index in [1.54, 1.807) is 6.92 Å². The van der Waals surface area contributed by atoms with Crippen LogP contribution in [0.3, 0.4) is 0 Å². The first-order valence-corrected chi connectivity index (χ1v) is 9.62. The Labute approximate surface area is 173 Å². The number of carbonyl (C=O) groups is 3. The van der Waals surface area contributed by atoms with Crippen LogP contribution in [-0.2, 0) is 9.53 Å². The number of hydrogen-bond acceptors (Lipinski definition) is 8. The third-order valence-electron chi connectivity index (χ3n) is 4.53. The lowest BCUT2D eigenvalue weighted by molar-refractivity contribution is -0.385. The molecule has 2 rings (SSSR count). The number of nitro benzene ring substituents is 1. The van der Waals surface area contributed by atoms with Crippen molar-refractivity contribution in [3.63, 3.8) is 0 Å². The number of rotatable bonds is 8. The first kappa shape index (κ1) is 22.9. The molecule has 3 amide bonds. The summed E-state index contributed by atoms with van der Waals surface area (Å²) in [5.41, 5.74) is -0.959. The topological polar surface area (TPSA) is 146 Å². The number of carbonyl (C=O) groups excluding carboxylic acids is 3. The van der Waals surface area contributed by atoms with Gasteiger partial charge in [0.25, 0.3) is 11.6 Å².